The molecule has 1 aromatic heterocycles. The second-order valence-electron chi connectivity index (χ2n) is 9.63. The van der Waals surface area contributed by atoms with Crippen molar-refractivity contribution in [1.29, 1.82) is 0 Å². The van der Waals surface area contributed by atoms with E-state index in [0.29, 0.717) is 19.1 Å². The number of aromatic nitrogens is 2. The summed E-state index contributed by atoms with van der Waals surface area (Å²) in [5, 5.41) is 0.777. The maximum Gasteiger partial charge on any atom is 0.136 e. The van der Waals surface area contributed by atoms with Crippen molar-refractivity contribution < 1.29 is 4.74 Å². The number of H-pyrrole nitrogens is 1. The smallest absolute Gasteiger partial charge is 0.136 e. The van der Waals surface area contributed by atoms with E-state index in [1.54, 1.807) is 6.20 Å². The Morgan fingerprint density at radius 2 is 1.84 bits per heavy atom. The molecule has 0 saturated heterocycles. The third-order valence-electron chi connectivity index (χ3n) is 6.68. The van der Waals surface area contributed by atoms with E-state index >= 15 is 0 Å². The number of amidine groups is 1. The SMILES string of the molecule is C=CN=C(c1cc(C)c(Cl)cc1C(C)C)N1CCOc2ccc(-c3ccc4nc(C)[nH]c4c3)cc2C1.CC. The molecule has 198 valence electrons. The van der Waals surface area contributed by atoms with E-state index in [1.165, 1.54) is 5.56 Å². The van der Waals surface area contributed by atoms with Crippen molar-refractivity contribution >= 4 is 28.5 Å². The fraction of sp³-hybridized carbons (Fsp3) is 0.312. The molecule has 0 saturated carbocycles. The van der Waals surface area contributed by atoms with Crippen LogP contribution in [0.3, 0.4) is 0 Å². The minimum absolute atomic E-state index is 0.302. The van der Waals surface area contributed by atoms with E-state index < -0.39 is 0 Å². The third kappa shape index (κ3) is 5.63. The molecular weight excluding hydrogens is 492 g/mol. The lowest BCUT2D eigenvalue weighted by Gasteiger charge is -2.27. The van der Waals surface area contributed by atoms with Crippen LogP contribution in [0.1, 0.15) is 61.7 Å². The minimum Gasteiger partial charge on any atom is -0.491 e. The van der Waals surface area contributed by atoms with E-state index in [-0.39, 0.29) is 0 Å². The summed E-state index contributed by atoms with van der Waals surface area (Å²) in [5.74, 6) is 3.02. The predicted octanol–water partition coefficient (Wildman–Crippen LogP) is 8.43. The van der Waals surface area contributed by atoms with Crippen LogP contribution >= 0.6 is 11.6 Å². The number of benzene rings is 3. The maximum atomic E-state index is 6.50. The highest BCUT2D eigenvalue weighted by Crippen LogP contribution is 2.33. The zero-order valence-electron chi connectivity index (χ0n) is 23.2. The molecule has 0 amide bonds. The number of aromatic amines is 1. The van der Waals surface area contributed by atoms with Crippen molar-refractivity contribution in [1.82, 2.24) is 14.9 Å². The lowest BCUT2D eigenvalue weighted by molar-refractivity contribution is 0.290. The van der Waals surface area contributed by atoms with Gasteiger partial charge in [0.15, 0.2) is 0 Å². The van der Waals surface area contributed by atoms with Crippen molar-refractivity contribution in [2.45, 2.75) is 54.0 Å². The molecule has 6 heteroatoms. The Kier molecular flexibility index (Phi) is 8.58. The summed E-state index contributed by atoms with van der Waals surface area (Å²) in [5.41, 5.74) is 8.72. The number of fused-ring (bicyclic) bond motifs is 2. The maximum absolute atomic E-state index is 6.50. The van der Waals surface area contributed by atoms with Crippen molar-refractivity contribution in [3.63, 3.8) is 0 Å². The van der Waals surface area contributed by atoms with Crippen LogP contribution < -0.4 is 4.74 Å². The zero-order valence-corrected chi connectivity index (χ0v) is 24.0. The highest BCUT2D eigenvalue weighted by molar-refractivity contribution is 6.31. The molecule has 0 aliphatic carbocycles. The second kappa shape index (κ2) is 11.9. The number of hydrogen-bond donors (Lipinski definition) is 1. The highest BCUT2D eigenvalue weighted by atomic mass is 35.5. The Morgan fingerprint density at radius 3 is 2.58 bits per heavy atom. The number of nitrogens with one attached hydrogen (secondary N) is 1. The number of imidazole rings is 1. The number of aryl methyl sites for hydroxylation is 2. The Morgan fingerprint density at radius 1 is 1.11 bits per heavy atom. The van der Waals surface area contributed by atoms with Crippen LogP contribution in [-0.4, -0.2) is 33.9 Å². The summed E-state index contributed by atoms with van der Waals surface area (Å²) >= 11 is 6.50. The van der Waals surface area contributed by atoms with Gasteiger partial charge in [-0.2, -0.15) is 0 Å². The Hall–Kier alpha value is -3.57. The predicted molar refractivity (Wildman–Crippen MR) is 161 cm³/mol. The lowest BCUT2D eigenvalue weighted by atomic mass is 9.94. The summed E-state index contributed by atoms with van der Waals surface area (Å²) in [6.07, 6.45) is 1.62. The summed E-state index contributed by atoms with van der Waals surface area (Å²) < 4.78 is 6.17. The topological polar surface area (TPSA) is 53.5 Å². The Labute approximate surface area is 231 Å². The second-order valence-corrected chi connectivity index (χ2v) is 10.0. The van der Waals surface area contributed by atoms with Crippen LogP contribution in [0.4, 0.5) is 0 Å². The summed E-state index contributed by atoms with van der Waals surface area (Å²) in [4.78, 5) is 14.9. The van der Waals surface area contributed by atoms with Gasteiger partial charge in [-0.15, -0.1) is 0 Å². The molecule has 0 fully saturated rings. The average molecular weight is 529 g/mol. The van der Waals surface area contributed by atoms with Crippen LogP contribution in [0.5, 0.6) is 5.75 Å². The van der Waals surface area contributed by atoms with E-state index in [1.807, 2.05) is 27.7 Å². The number of hydrogen-bond acceptors (Lipinski definition) is 3. The molecule has 2 heterocycles. The van der Waals surface area contributed by atoms with Crippen LogP contribution in [0.25, 0.3) is 22.2 Å². The van der Waals surface area contributed by atoms with E-state index in [0.717, 1.165) is 67.8 Å². The van der Waals surface area contributed by atoms with Crippen molar-refractivity contribution in [2.75, 3.05) is 13.2 Å². The van der Waals surface area contributed by atoms with Gasteiger partial charge in [-0.1, -0.05) is 58.0 Å². The number of ether oxygens (including phenoxy) is 1. The van der Waals surface area contributed by atoms with E-state index in [2.05, 4.69) is 83.8 Å². The molecule has 5 rings (SSSR count). The fourth-order valence-corrected chi connectivity index (χ4v) is 5.02. The van der Waals surface area contributed by atoms with Gasteiger partial charge in [-0.3, -0.25) is 0 Å². The molecule has 0 spiro atoms. The number of nitrogens with zero attached hydrogens (tertiary/aromatic N) is 3. The molecule has 5 nitrogen and oxygen atoms in total. The van der Waals surface area contributed by atoms with Gasteiger partial charge >= 0.3 is 0 Å². The van der Waals surface area contributed by atoms with Crippen molar-refractivity contribution in [2.24, 2.45) is 4.99 Å². The van der Waals surface area contributed by atoms with Gasteiger partial charge in [0.2, 0.25) is 0 Å². The van der Waals surface area contributed by atoms with Crippen LogP contribution in [-0.2, 0) is 6.54 Å². The summed E-state index contributed by atoms with van der Waals surface area (Å²) in [6, 6.07) is 17.0. The molecule has 38 heavy (non-hydrogen) atoms. The third-order valence-corrected chi connectivity index (χ3v) is 7.09. The lowest BCUT2D eigenvalue weighted by Crippen LogP contribution is -2.34. The van der Waals surface area contributed by atoms with Gasteiger partial charge in [0.05, 0.1) is 17.6 Å². The first kappa shape index (κ1) is 27.5. The average Bonchev–Trinajstić information content (AvgIpc) is 3.15. The number of halogens is 1. The standard InChI is InChI=1S/C30H31ClN4O.C2H6/c1-6-32-30(25-13-19(4)26(31)16-24(25)18(2)3)35-11-12-36-29-10-8-21(14-23(29)17-35)22-7-9-27-28(15-22)34-20(5)33-27;1-2/h6-10,13-16,18H,1,11-12,17H2,2-5H3,(H,33,34);1-2H3. The molecule has 0 unspecified atom stereocenters. The summed E-state index contributed by atoms with van der Waals surface area (Å²) in [7, 11) is 0. The van der Waals surface area contributed by atoms with Crippen LogP contribution in [0, 0.1) is 13.8 Å². The Bertz CT molecular complexity index is 1480. The van der Waals surface area contributed by atoms with Crippen LogP contribution in [0.15, 0.2) is 66.3 Å². The first-order valence-electron chi connectivity index (χ1n) is 13.3. The zero-order chi connectivity index (χ0) is 27.4. The molecule has 4 aromatic rings. The van der Waals surface area contributed by atoms with Gasteiger partial charge in [0.25, 0.3) is 0 Å². The fourth-order valence-electron chi connectivity index (χ4n) is 4.85. The Balaban J connectivity index is 0.00000164. The van der Waals surface area contributed by atoms with Gasteiger partial charge < -0.3 is 14.6 Å². The van der Waals surface area contributed by atoms with Crippen molar-refractivity contribution in [3.8, 4) is 16.9 Å². The molecule has 0 bridgehead atoms. The molecule has 3 aromatic carbocycles. The van der Waals surface area contributed by atoms with Gasteiger partial charge in [0, 0.05) is 28.9 Å². The molecule has 1 N–H and O–H groups in total. The van der Waals surface area contributed by atoms with E-state index in [9.17, 15) is 0 Å². The highest BCUT2D eigenvalue weighted by Gasteiger charge is 2.23. The molecule has 1 aliphatic rings. The normalized spacial score (nSPS) is 13.5. The number of rotatable bonds is 4. The molecule has 0 radical (unpaired) electrons. The first-order chi connectivity index (χ1) is 18.3. The monoisotopic (exact) mass is 528 g/mol. The van der Waals surface area contributed by atoms with Gasteiger partial charge in [-0.05, 0) is 78.4 Å². The van der Waals surface area contributed by atoms with Crippen molar-refractivity contribution in [3.05, 3.63) is 94.4 Å². The van der Waals surface area contributed by atoms with E-state index in [4.69, 9.17) is 21.3 Å². The largest absolute Gasteiger partial charge is 0.491 e. The summed E-state index contributed by atoms with van der Waals surface area (Å²) in [6.45, 7) is 18.3. The molecular formula is C32H37ClN4O. The van der Waals surface area contributed by atoms with Gasteiger partial charge in [-0.25, -0.2) is 9.98 Å². The molecule has 1 aliphatic heterocycles. The quantitative estimate of drug-likeness (QED) is 0.213. The number of aliphatic imine (C=N–C) groups is 1. The minimum atomic E-state index is 0.302. The molecule has 0 atom stereocenters. The van der Waals surface area contributed by atoms with Gasteiger partial charge in [0.1, 0.15) is 24.0 Å². The van der Waals surface area contributed by atoms with Crippen LogP contribution in [0.2, 0.25) is 5.02 Å². The first-order valence-corrected chi connectivity index (χ1v) is 13.7.